The summed E-state index contributed by atoms with van der Waals surface area (Å²) in [5.74, 6) is 1.53. The molecule has 4 heteroatoms. The van der Waals surface area contributed by atoms with Crippen molar-refractivity contribution in [3.05, 3.63) is 21.4 Å². The standard InChI is InChI=1S/C17H21ClN2S/c18-15-14-12-9-6-10-13(12)21-17(14)20-16(19-15)11-7-4-2-1-3-5-8-11/h11H,1-10H2. The van der Waals surface area contributed by atoms with E-state index < -0.39 is 0 Å². The minimum absolute atomic E-state index is 0.518. The molecule has 0 atom stereocenters. The van der Waals surface area contributed by atoms with Crippen molar-refractivity contribution < 1.29 is 0 Å². The van der Waals surface area contributed by atoms with Crippen LogP contribution in [-0.4, -0.2) is 9.97 Å². The van der Waals surface area contributed by atoms with Crippen molar-refractivity contribution >= 4 is 33.2 Å². The zero-order valence-corrected chi connectivity index (χ0v) is 13.9. The van der Waals surface area contributed by atoms with Gasteiger partial charge in [0.2, 0.25) is 0 Å². The van der Waals surface area contributed by atoms with Crippen LogP contribution in [0.4, 0.5) is 0 Å². The van der Waals surface area contributed by atoms with Gasteiger partial charge in [0.25, 0.3) is 0 Å². The molecule has 2 aliphatic carbocycles. The molecule has 0 aromatic carbocycles. The summed E-state index contributed by atoms with van der Waals surface area (Å²) in [5.41, 5.74) is 1.43. The number of hydrogen-bond donors (Lipinski definition) is 0. The fourth-order valence-electron chi connectivity index (χ4n) is 3.86. The van der Waals surface area contributed by atoms with Gasteiger partial charge in [-0.15, -0.1) is 11.3 Å². The van der Waals surface area contributed by atoms with Crippen LogP contribution in [0.1, 0.15) is 73.5 Å². The Labute approximate surface area is 134 Å². The molecule has 112 valence electrons. The van der Waals surface area contributed by atoms with Crippen molar-refractivity contribution in [2.45, 2.75) is 70.1 Å². The van der Waals surface area contributed by atoms with Gasteiger partial charge >= 0.3 is 0 Å². The number of nitrogens with zero attached hydrogens (tertiary/aromatic N) is 2. The zero-order valence-electron chi connectivity index (χ0n) is 12.3. The molecule has 2 heterocycles. The molecule has 0 spiro atoms. The van der Waals surface area contributed by atoms with Gasteiger partial charge in [-0.3, -0.25) is 0 Å². The van der Waals surface area contributed by atoms with E-state index in [4.69, 9.17) is 21.6 Å². The van der Waals surface area contributed by atoms with E-state index in [1.165, 1.54) is 68.2 Å². The van der Waals surface area contributed by atoms with Crippen molar-refractivity contribution in [3.63, 3.8) is 0 Å². The molecule has 0 N–H and O–H groups in total. The third kappa shape index (κ3) is 2.59. The highest BCUT2D eigenvalue weighted by Gasteiger charge is 2.24. The Bertz CT molecular complexity index is 656. The highest BCUT2D eigenvalue weighted by Crippen LogP contribution is 2.40. The van der Waals surface area contributed by atoms with Gasteiger partial charge in [0.15, 0.2) is 0 Å². The summed E-state index contributed by atoms with van der Waals surface area (Å²) in [7, 11) is 0. The Morgan fingerprint density at radius 1 is 0.905 bits per heavy atom. The molecule has 21 heavy (non-hydrogen) atoms. The topological polar surface area (TPSA) is 25.8 Å². The van der Waals surface area contributed by atoms with E-state index in [1.807, 2.05) is 11.3 Å². The zero-order chi connectivity index (χ0) is 14.2. The first-order chi connectivity index (χ1) is 10.3. The lowest BCUT2D eigenvalue weighted by Crippen LogP contribution is -2.07. The van der Waals surface area contributed by atoms with E-state index in [1.54, 1.807) is 0 Å². The van der Waals surface area contributed by atoms with Gasteiger partial charge < -0.3 is 0 Å². The predicted molar refractivity (Wildman–Crippen MR) is 89.5 cm³/mol. The van der Waals surface area contributed by atoms with Gasteiger partial charge in [0, 0.05) is 10.8 Å². The second kappa shape index (κ2) is 5.85. The lowest BCUT2D eigenvalue weighted by molar-refractivity contribution is 0.443. The van der Waals surface area contributed by atoms with Gasteiger partial charge in [-0.25, -0.2) is 9.97 Å². The van der Waals surface area contributed by atoms with Gasteiger partial charge in [-0.05, 0) is 37.7 Å². The highest BCUT2D eigenvalue weighted by molar-refractivity contribution is 7.19. The van der Waals surface area contributed by atoms with Gasteiger partial charge in [0.1, 0.15) is 15.8 Å². The Kier molecular flexibility index (Phi) is 3.89. The van der Waals surface area contributed by atoms with Crippen LogP contribution in [0.3, 0.4) is 0 Å². The third-order valence-corrected chi connectivity index (χ3v) is 6.47. The molecule has 1 saturated carbocycles. The summed E-state index contributed by atoms with van der Waals surface area (Å²) >= 11 is 8.39. The SMILES string of the molecule is Clc1nc(C2CCCCCCC2)nc2sc3c(c12)CCC3. The van der Waals surface area contributed by atoms with E-state index in [-0.39, 0.29) is 0 Å². The lowest BCUT2D eigenvalue weighted by atomic mass is 9.90. The molecule has 1 fully saturated rings. The molecule has 0 aliphatic heterocycles. The van der Waals surface area contributed by atoms with Crippen LogP contribution in [0.15, 0.2) is 0 Å². The predicted octanol–water partition coefficient (Wildman–Crippen LogP) is 5.66. The Morgan fingerprint density at radius 2 is 1.67 bits per heavy atom. The molecule has 0 saturated heterocycles. The fourth-order valence-corrected chi connectivity index (χ4v) is 5.48. The maximum atomic E-state index is 6.54. The number of fused-ring (bicyclic) bond motifs is 3. The fraction of sp³-hybridized carbons (Fsp3) is 0.647. The molecule has 2 aromatic heterocycles. The Morgan fingerprint density at radius 3 is 2.48 bits per heavy atom. The maximum absolute atomic E-state index is 6.54. The molecule has 2 nitrogen and oxygen atoms in total. The summed E-state index contributed by atoms with van der Waals surface area (Å²) in [6, 6.07) is 0. The first-order valence-electron chi connectivity index (χ1n) is 8.30. The summed E-state index contributed by atoms with van der Waals surface area (Å²) in [6.45, 7) is 0. The van der Waals surface area contributed by atoms with Crippen LogP contribution in [0.25, 0.3) is 10.2 Å². The number of aryl methyl sites for hydroxylation is 2. The Hall–Kier alpha value is -0.670. The van der Waals surface area contributed by atoms with Crippen LogP contribution < -0.4 is 0 Å². The molecule has 0 bridgehead atoms. The van der Waals surface area contributed by atoms with E-state index >= 15 is 0 Å². The normalized spacial score (nSPS) is 20.4. The van der Waals surface area contributed by atoms with E-state index in [9.17, 15) is 0 Å². The summed E-state index contributed by atoms with van der Waals surface area (Å²) in [4.78, 5) is 12.3. The first kappa shape index (κ1) is 14.0. The van der Waals surface area contributed by atoms with Crippen molar-refractivity contribution in [1.82, 2.24) is 9.97 Å². The molecule has 4 rings (SSSR count). The van der Waals surface area contributed by atoms with Crippen molar-refractivity contribution in [2.24, 2.45) is 0 Å². The van der Waals surface area contributed by atoms with Crippen LogP contribution >= 0.6 is 22.9 Å². The molecule has 2 aromatic rings. The number of hydrogen-bond acceptors (Lipinski definition) is 3. The smallest absolute Gasteiger partial charge is 0.141 e. The van der Waals surface area contributed by atoms with E-state index in [0.29, 0.717) is 11.1 Å². The minimum Gasteiger partial charge on any atom is -0.222 e. The molecular formula is C17H21ClN2S. The van der Waals surface area contributed by atoms with Gasteiger partial charge in [-0.2, -0.15) is 0 Å². The number of thiophene rings is 1. The van der Waals surface area contributed by atoms with Crippen LogP contribution in [0, 0.1) is 0 Å². The van der Waals surface area contributed by atoms with Crippen LogP contribution in [-0.2, 0) is 12.8 Å². The van der Waals surface area contributed by atoms with Crippen molar-refractivity contribution in [1.29, 1.82) is 0 Å². The number of rotatable bonds is 1. The average molecular weight is 321 g/mol. The Balaban J connectivity index is 1.72. The van der Waals surface area contributed by atoms with Gasteiger partial charge in [0.05, 0.1) is 5.39 Å². The highest BCUT2D eigenvalue weighted by atomic mass is 35.5. The summed E-state index contributed by atoms with van der Waals surface area (Å²) < 4.78 is 0. The van der Waals surface area contributed by atoms with Crippen molar-refractivity contribution in [2.75, 3.05) is 0 Å². The molecule has 0 unspecified atom stereocenters. The molecule has 0 radical (unpaired) electrons. The second-order valence-electron chi connectivity index (χ2n) is 6.45. The minimum atomic E-state index is 0.518. The number of aromatic nitrogens is 2. The maximum Gasteiger partial charge on any atom is 0.141 e. The average Bonchev–Trinajstić information content (AvgIpc) is 2.97. The third-order valence-electron chi connectivity index (χ3n) is 5.01. The van der Waals surface area contributed by atoms with E-state index in [0.717, 1.165) is 22.5 Å². The monoisotopic (exact) mass is 320 g/mol. The second-order valence-corrected chi connectivity index (χ2v) is 7.89. The molecule has 2 aliphatic rings. The van der Waals surface area contributed by atoms with Gasteiger partial charge in [-0.1, -0.05) is 43.7 Å². The van der Waals surface area contributed by atoms with Crippen molar-refractivity contribution in [3.8, 4) is 0 Å². The first-order valence-corrected chi connectivity index (χ1v) is 9.50. The quantitative estimate of drug-likeness (QED) is 0.633. The molecular weight excluding hydrogens is 300 g/mol. The molecule has 0 amide bonds. The lowest BCUT2D eigenvalue weighted by Gasteiger charge is -2.18. The van der Waals surface area contributed by atoms with E-state index in [2.05, 4.69) is 0 Å². The van der Waals surface area contributed by atoms with Crippen LogP contribution in [0.2, 0.25) is 5.15 Å². The largest absolute Gasteiger partial charge is 0.222 e. The summed E-state index contributed by atoms with van der Waals surface area (Å²) in [6.07, 6.45) is 12.8. The van der Waals surface area contributed by atoms with Crippen LogP contribution in [0.5, 0.6) is 0 Å². The summed E-state index contributed by atoms with van der Waals surface area (Å²) in [5, 5.41) is 1.86. The number of halogens is 1.